The van der Waals surface area contributed by atoms with Crippen LogP contribution in [0.25, 0.3) is 0 Å². The first-order valence-electron chi connectivity index (χ1n) is 3.66. The highest BCUT2D eigenvalue weighted by molar-refractivity contribution is 5.78. The van der Waals surface area contributed by atoms with E-state index in [1.807, 2.05) is 0 Å². The van der Waals surface area contributed by atoms with Gasteiger partial charge in [0.15, 0.2) is 0 Å². The maximum Gasteiger partial charge on any atom is 0.220 e. The molecule has 1 rings (SSSR count). The third-order valence-electron chi connectivity index (χ3n) is 1.71. The number of amides is 1. The second-order valence-corrected chi connectivity index (χ2v) is 2.89. The molecule has 0 aliphatic carbocycles. The van der Waals surface area contributed by atoms with Crippen molar-refractivity contribution in [1.82, 2.24) is 5.32 Å². The van der Waals surface area contributed by atoms with E-state index >= 15 is 0 Å². The van der Waals surface area contributed by atoms with Crippen LogP contribution in [-0.4, -0.2) is 23.2 Å². The van der Waals surface area contributed by atoms with Crippen LogP contribution in [0, 0.1) is 0 Å². The molecular formula is C7H13NO2. The summed E-state index contributed by atoms with van der Waals surface area (Å²) in [7, 11) is 0. The minimum Gasteiger partial charge on any atom is -0.393 e. The van der Waals surface area contributed by atoms with Crippen LogP contribution >= 0.6 is 0 Å². The number of aliphatic hydroxyl groups excluding tert-OH is 1. The summed E-state index contributed by atoms with van der Waals surface area (Å²) in [6.45, 7) is 1.74. The Morgan fingerprint density at radius 2 is 2.60 bits per heavy atom. The predicted molar refractivity (Wildman–Crippen MR) is 37.5 cm³/mol. The maximum absolute atomic E-state index is 10.6. The third kappa shape index (κ3) is 1.99. The van der Waals surface area contributed by atoms with Crippen LogP contribution in [-0.2, 0) is 4.79 Å². The van der Waals surface area contributed by atoms with E-state index in [1.165, 1.54) is 0 Å². The van der Waals surface area contributed by atoms with Crippen LogP contribution in [0.15, 0.2) is 0 Å². The van der Waals surface area contributed by atoms with Gasteiger partial charge in [0.05, 0.1) is 6.10 Å². The normalized spacial score (nSPS) is 28.2. The number of carbonyl (C=O) groups excluding carboxylic acids is 1. The van der Waals surface area contributed by atoms with E-state index in [0.717, 1.165) is 6.42 Å². The Hall–Kier alpha value is -0.570. The summed E-state index contributed by atoms with van der Waals surface area (Å²) in [6.07, 6.45) is 1.88. The summed E-state index contributed by atoms with van der Waals surface area (Å²) in [5, 5.41) is 11.7. The van der Waals surface area contributed by atoms with Crippen LogP contribution < -0.4 is 5.32 Å². The molecule has 2 N–H and O–H groups in total. The standard InChI is InChI=1S/C7H13NO2/c1-5(9)4-6-2-3-7(10)8-6/h5-6,9H,2-4H2,1H3,(H,8,10). The molecule has 0 aromatic rings. The van der Waals surface area contributed by atoms with Gasteiger partial charge in [-0.1, -0.05) is 0 Å². The van der Waals surface area contributed by atoms with Crippen LogP contribution in [0.4, 0.5) is 0 Å². The lowest BCUT2D eigenvalue weighted by molar-refractivity contribution is -0.119. The van der Waals surface area contributed by atoms with Gasteiger partial charge < -0.3 is 10.4 Å². The smallest absolute Gasteiger partial charge is 0.220 e. The summed E-state index contributed by atoms with van der Waals surface area (Å²) in [4.78, 5) is 10.6. The zero-order chi connectivity index (χ0) is 7.56. The topological polar surface area (TPSA) is 49.3 Å². The molecule has 1 heterocycles. The lowest BCUT2D eigenvalue weighted by Gasteiger charge is -2.10. The first-order valence-corrected chi connectivity index (χ1v) is 3.66. The summed E-state index contributed by atoms with van der Waals surface area (Å²) in [6, 6.07) is 0.215. The Kier molecular flexibility index (Phi) is 2.27. The van der Waals surface area contributed by atoms with Crippen LogP contribution in [0.2, 0.25) is 0 Å². The molecule has 58 valence electrons. The Morgan fingerprint density at radius 1 is 1.90 bits per heavy atom. The SMILES string of the molecule is CC(O)CC1CCC(=O)N1. The van der Waals surface area contributed by atoms with E-state index < -0.39 is 0 Å². The van der Waals surface area contributed by atoms with Crippen molar-refractivity contribution in [3.8, 4) is 0 Å². The second kappa shape index (κ2) is 3.01. The van der Waals surface area contributed by atoms with E-state index in [0.29, 0.717) is 12.8 Å². The minimum absolute atomic E-state index is 0.116. The van der Waals surface area contributed by atoms with E-state index in [1.54, 1.807) is 6.92 Å². The van der Waals surface area contributed by atoms with Crippen molar-refractivity contribution in [1.29, 1.82) is 0 Å². The molecule has 1 aliphatic heterocycles. The fourth-order valence-corrected chi connectivity index (χ4v) is 1.27. The van der Waals surface area contributed by atoms with E-state index in [4.69, 9.17) is 5.11 Å². The van der Waals surface area contributed by atoms with E-state index in [9.17, 15) is 4.79 Å². The van der Waals surface area contributed by atoms with Crippen molar-refractivity contribution in [2.45, 2.75) is 38.3 Å². The number of rotatable bonds is 2. The highest BCUT2D eigenvalue weighted by Gasteiger charge is 2.21. The lowest BCUT2D eigenvalue weighted by Crippen LogP contribution is -2.28. The molecule has 2 unspecified atom stereocenters. The lowest BCUT2D eigenvalue weighted by atomic mass is 10.1. The van der Waals surface area contributed by atoms with Crippen LogP contribution in [0.5, 0.6) is 0 Å². The Balaban J connectivity index is 2.24. The molecule has 0 spiro atoms. The maximum atomic E-state index is 10.6. The van der Waals surface area contributed by atoms with Gasteiger partial charge in [-0.15, -0.1) is 0 Å². The number of nitrogens with one attached hydrogen (secondary N) is 1. The number of hydrogen-bond donors (Lipinski definition) is 2. The predicted octanol–water partition coefficient (Wildman–Crippen LogP) is 0.0359. The van der Waals surface area contributed by atoms with Gasteiger partial charge in [0.2, 0.25) is 5.91 Å². The minimum atomic E-state index is -0.302. The molecule has 1 fully saturated rings. The molecule has 0 bridgehead atoms. The van der Waals surface area contributed by atoms with Crippen molar-refractivity contribution in [3.63, 3.8) is 0 Å². The second-order valence-electron chi connectivity index (χ2n) is 2.89. The zero-order valence-electron chi connectivity index (χ0n) is 6.13. The molecule has 3 nitrogen and oxygen atoms in total. The molecule has 1 amide bonds. The highest BCUT2D eigenvalue weighted by Crippen LogP contribution is 2.11. The zero-order valence-corrected chi connectivity index (χ0v) is 6.13. The summed E-state index contributed by atoms with van der Waals surface area (Å²) >= 11 is 0. The summed E-state index contributed by atoms with van der Waals surface area (Å²) in [5.41, 5.74) is 0. The average molecular weight is 143 g/mol. The van der Waals surface area contributed by atoms with Gasteiger partial charge in [0.25, 0.3) is 0 Å². The fraction of sp³-hybridized carbons (Fsp3) is 0.857. The fourth-order valence-electron chi connectivity index (χ4n) is 1.27. The van der Waals surface area contributed by atoms with Crippen LogP contribution in [0.1, 0.15) is 26.2 Å². The first kappa shape index (κ1) is 7.54. The summed E-state index contributed by atoms with van der Waals surface area (Å²) in [5.74, 6) is 0.116. The molecule has 2 atom stereocenters. The molecule has 1 saturated heterocycles. The largest absolute Gasteiger partial charge is 0.393 e. The molecule has 0 radical (unpaired) electrons. The van der Waals surface area contributed by atoms with Crippen molar-refractivity contribution < 1.29 is 9.90 Å². The Morgan fingerprint density at radius 3 is 3.00 bits per heavy atom. The third-order valence-corrected chi connectivity index (χ3v) is 1.71. The van der Waals surface area contributed by atoms with Crippen LogP contribution in [0.3, 0.4) is 0 Å². The molecule has 10 heavy (non-hydrogen) atoms. The van der Waals surface area contributed by atoms with Gasteiger partial charge in [-0.2, -0.15) is 0 Å². The summed E-state index contributed by atoms with van der Waals surface area (Å²) < 4.78 is 0. The Labute approximate surface area is 60.4 Å². The van der Waals surface area contributed by atoms with Crippen molar-refractivity contribution in [3.05, 3.63) is 0 Å². The first-order chi connectivity index (χ1) is 4.68. The van der Waals surface area contributed by atoms with Gasteiger partial charge in [-0.05, 0) is 19.8 Å². The van der Waals surface area contributed by atoms with E-state index in [2.05, 4.69) is 5.32 Å². The van der Waals surface area contributed by atoms with Crippen molar-refractivity contribution in [2.75, 3.05) is 0 Å². The van der Waals surface area contributed by atoms with Crippen molar-refractivity contribution >= 4 is 5.91 Å². The number of carbonyl (C=O) groups is 1. The monoisotopic (exact) mass is 143 g/mol. The van der Waals surface area contributed by atoms with Gasteiger partial charge in [-0.25, -0.2) is 0 Å². The molecule has 0 aromatic carbocycles. The molecular weight excluding hydrogens is 130 g/mol. The van der Waals surface area contributed by atoms with Crippen molar-refractivity contribution in [2.24, 2.45) is 0 Å². The number of aliphatic hydroxyl groups is 1. The quantitative estimate of drug-likeness (QED) is 0.573. The highest BCUT2D eigenvalue weighted by atomic mass is 16.3. The molecule has 3 heteroatoms. The van der Waals surface area contributed by atoms with Gasteiger partial charge >= 0.3 is 0 Å². The van der Waals surface area contributed by atoms with Gasteiger partial charge in [0.1, 0.15) is 0 Å². The molecule has 0 saturated carbocycles. The Bertz CT molecular complexity index is 134. The number of hydrogen-bond acceptors (Lipinski definition) is 2. The molecule has 1 aliphatic rings. The molecule has 0 aromatic heterocycles. The van der Waals surface area contributed by atoms with E-state index in [-0.39, 0.29) is 18.1 Å². The van der Waals surface area contributed by atoms with Gasteiger partial charge in [0, 0.05) is 12.5 Å². The van der Waals surface area contributed by atoms with Gasteiger partial charge in [-0.3, -0.25) is 4.79 Å². The average Bonchev–Trinajstić information content (AvgIpc) is 2.13.